The fourth-order valence-electron chi connectivity index (χ4n) is 1.76. The molecule has 0 aromatic heterocycles. The van der Waals surface area contributed by atoms with Crippen molar-refractivity contribution >= 4 is 53.3 Å². The van der Waals surface area contributed by atoms with E-state index in [2.05, 4.69) is 28.8 Å². The van der Waals surface area contributed by atoms with Crippen LogP contribution >= 0.6 is 47.3 Å². The second kappa shape index (κ2) is 13.1. The fourth-order valence-corrected chi connectivity index (χ4v) is 2.30. The van der Waals surface area contributed by atoms with Crippen molar-refractivity contribution in [2.24, 2.45) is 4.99 Å². The van der Waals surface area contributed by atoms with Crippen LogP contribution in [-0.2, 0) is 6.42 Å². The van der Waals surface area contributed by atoms with Gasteiger partial charge in [-0.1, -0.05) is 17.7 Å². The maximum atomic E-state index is 6.23. The van der Waals surface area contributed by atoms with Gasteiger partial charge in [0.2, 0.25) is 0 Å². The molecule has 0 aliphatic rings. The van der Waals surface area contributed by atoms with Crippen LogP contribution in [-0.4, -0.2) is 44.7 Å². The van der Waals surface area contributed by atoms with Gasteiger partial charge < -0.3 is 15.4 Å². The molecule has 0 bridgehead atoms. The monoisotopic (exact) mass is 457 g/mol. The van der Waals surface area contributed by atoms with Crippen molar-refractivity contribution < 1.29 is 4.74 Å². The SMILES string of the molecule is CCNC(=NCCSC)NCCc1ccc(OC)cc1Cl.I. The maximum Gasteiger partial charge on any atom is 0.191 e. The van der Waals surface area contributed by atoms with E-state index in [1.807, 2.05) is 18.2 Å². The Kier molecular flexibility index (Phi) is 12.9. The highest BCUT2D eigenvalue weighted by Crippen LogP contribution is 2.22. The summed E-state index contributed by atoms with van der Waals surface area (Å²) in [5, 5.41) is 7.30. The number of nitrogens with one attached hydrogen (secondary N) is 2. The van der Waals surface area contributed by atoms with Crippen LogP contribution in [0, 0.1) is 0 Å². The highest BCUT2D eigenvalue weighted by atomic mass is 127. The van der Waals surface area contributed by atoms with Gasteiger partial charge in [-0.25, -0.2) is 0 Å². The molecular formula is C15H25ClIN3OS. The number of nitrogens with zero attached hydrogens (tertiary/aromatic N) is 1. The Balaban J connectivity index is 0.00000441. The molecule has 22 heavy (non-hydrogen) atoms. The lowest BCUT2D eigenvalue weighted by molar-refractivity contribution is 0.414. The molecule has 1 rings (SSSR count). The maximum absolute atomic E-state index is 6.23. The topological polar surface area (TPSA) is 45.7 Å². The quantitative estimate of drug-likeness (QED) is 0.272. The molecule has 1 aromatic carbocycles. The summed E-state index contributed by atoms with van der Waals surface area (Å²) in [5.74, 6) is 2.67. The first-order valence-corrected chi connectivity index (χ1v) is 8.82. The van der Waals surface area contributed by atoms with E-state index in [-0.39, 0.29) is 24.0 Å². The molecule has 0 unspecified atom stereocenters. The number of hydrogen-bond donors (Lipinski definition) is 2. The van der Waals surface area contributed by atoms with Crippen LogP contribution in [0.15, 0.2) is 23.2 Å². The Morgan fingerprint density at radius 3 is 2.73 bits per heavy atom. The smallest absolute Gasteiger partial charge is 0.191 e. The van der Waals surface area contributed by atoms with E-state index >= 15 is 0 Å². The summed E-state index contributed by atoms with van der Waals surface area (Å²) in [4.78, 5) is 4.50. The summed E-state index contributed by atoms with van der Waals surface area (Å²) in [6.07, 6.45) is 2.93. The third-order valence-electron chi connectivity index (χ3n) is 2.86. The largest absolute Gasteiger partial charge is 0.497 e. The summed E-state index contributed by atoms with van der Waals surface area (Å²) < 4.78 is 5.15. The van der Waals surface area contributed by atoms with Crippen molar-refractivity contribution in [3.05, 3.63) is 28.8 Å². The summed E-state index contributed by atoms with van der Waals surface area (Å²) in [5.41, 5.74) is 1.10. The van der Waals surface area contributed by atoms with Gasteiger partial charge in [-0.15, -0.1) is 24.0 Å². The van der Waals surface area contributed by atoms with Gasteiger partial charge in [0.25, 0.3) is 0 Å². The number of halogens is 2. The molecule has 0 spiro atoms. The first-order chi connectivity index (χ1) is 10.2. The van der Waals surface area contributed by atoms with Crippen LogP contribution in [0.4, 0.5) is 0 Å². The zero-order chi connectivity index (χ0) is 15.5. The van der Waals surface area contributed by atoms with Gasteiger partial charge >= 0.3 is 0 Å². The zero-order valence-electron chi connectivity index (χ0n) is 13.3. The third kappa shape index (κ3) is 8.33. The number of guanidine groups is 1. The zero-order valence-corrected chi connectivity index (χ0v) is 17.2. The highest BCUT2D eigenvalue weighted by Gasteiger charge is 2.03. The summed E-state index contributed by atoms with van der Waals surface area (Å²) in [6, 6.07) is 5.77. The first-order valence-electron chi connectivity index (χ1n) is 7.04. The van der Waals surface area contributed by atoms with Crippen LogP contribution in [0.25, 0.3) is 0 Å². The molecule has 0 saturated heterocycles. The van der Waals surface area contributed by atoms with Gasteiger partial charge in [0.1, 0.15) is 5.75 Å². The second-order valence-electron chi connectivity index (χ2n) is 4.39. The van der Waals surface area contributed by atoms with Crippen molar-refractivity contribution in [2.75, 3.05) is 38.8 Å². The number of hydrogen-bond acceptors (Lipinski definition) is 3. The molecule has 7 heteroatoms. The van der Waals surface area contributed by atoms with Gasteiger partial charge in [-0.05, 0) is 37.3 Å². The van der Waals surface area contributed by atoms with E-state index in [0.29, 0.717) is 0 Å². The average molecular weight is 458 g/mol. The highest BCUT2D eigenvalue weighted by molar-refractivity contribution is 14.0. The van der Waals surface area contributed by atoms with E-state index in [4.69, 9.17) is 16.3 Å². The number of thioether (sulfide) groups is 1. The Hall–Kier alpha value is -0.340. The number of benzene rings is 1. The van der Waals surface area contributed by atoms with Crippen molar-refractivity contribution in [2.45, 2.75) is 13.3 Å². The van der Waals surface area contributed by atoms with E-state index in [9.17, 15) is 0 Å². The van der Waals surface area contributed by atoms with Crippen LogP contribution < -0.4 is 15.4 Å². The number of ether oxygens (including phenoxy) is 1. The lowest BCUT2D eigenvalue weighted by Crippen LogP contribution is -2.38. The predicted octanol–water partition coefficient (Wildman–Crippen LogP) is 3.43. The van der Waals surface area contributed by atoms with E-state index < -0.39 is 0 Å². The van der Waals surface area contributed by atoms with Gasteiger partial charge in [-0.3, -0.25) is 4.99 Å². The first kappa shape index (κ1) is 21.7. The van der Waals surface area contributed by atoms with Crippen molar-refractivity contribution in [3.8, 4) is 5.75 Å². The third-order valence-corrected chi connectivity index (χ3v) is 3.80. The molecule has 126 valence electrons. The summed E-state index contributed by atoms with van der Waals surface area (Å²) >= 11 is 8.03. The number of rotatable bonds is 8. The molecule has 4 nitrogen and oxygen atoms in total. The number of aliphatic imine (C=N–C) groups is 1. The van der Waals surface area contributed by atoms with Gasteiger partial charge in [0, 0.05) is 23.9 Å². The fraction of sp³-hybridized carbons (Fsp3) is 0.533. The van der Waals surface area contributed by atoms with Crippen LogP contribution in [0.1, 0.15) is 12.5 Å². The average Bonchev–Trinajstić information content (AvgIpc) is 2.49. The summed E-state index contributed by atoms with van der Waals surface area (Å²) in [7, 11) is 1.64. The summed E-state index contributed by atoms with van der Waals surface area (Å²) in [6.45, 7) is 4.53. The molecule has 0 amide bonds. The van der Waals surface area contributed by atoms with Gasteiger partial charge in [-0.2, -0.15) is 11.8 Å². The molecule has 2 N–H and O–H groups in total. The minimum Gasteiger partial charge on any atom is -0.497 e. The molecule has 0 aliphatic carbocycles. The molecule has 0 radical (unpaired) electrons. The predicted molar refractivity (Wildman–Crippen MR) is 109 cm³/mol. The van der Waals surface area contributed by atoms with E-state index in [0.717, 1.165) is 54.1 Å². The van der Waals surface area contributed by atoms with E-state index in [1.54, 1.807) is 18.9 Å². The standard InChI is InChI=1S/C15H24ClN3OS.HI/c1-4-17-15(19-9-10-21-3)18-8-7-12-5-6-13(20-2)11-14(12)16;/h5-6,11H,4,7-10H2,1-3H3,(H2,17,18,19);1H. The minimum atomic E-state index is 0. The van der Waals surface area contributed by atoms with Gasteiger partial charge in [0.15, 0.2) is 5.96 Å². The molecular weight excluding hydrogens is 433 g/mol. The van der Waals surface area contributed by atoms with Crippen LogP contribution in [0.3, 0.4) is 0 Å². The Morgan fingerprint density at radius 1 is 1.36 bits per heavy atom. The molecule has 0 heterocycles. The van der Waals surface area contributed by atoms with Crippen LogP contribution in [0.5, 0.6) is 5.75 Å². The normalized spacial score (nSPS) is 10.8. The lowest BCUT2D eigenvalue weighted by atomic mass is 10.1. The van der Waals surface area contributed by atoms with E-state index in [1.165, 1.54) is 0 Å². The number of methoxy groups -OCH3 is 1. The molecule has 0 atom stereocenters. The second-order valence-corrected chi connectivity index (χ2v) is 5.78. The van der Waals surface area contributed by atoms with Crippen molar-refractivity contribution in [1.29, 1.82) is 0 Å². The Bertz CT molecular complexity index is 460. The van der Waals surface area contributed by atoms with Crippen molar-refractivity contribution in [1.82, 2.24) is 10.6 Å². The molecule has 0 saturated carbocycles. The lowest BCUT2D eigenvalue weighted by Gasteiger charge is -2.12. The van der Waals surface area contributed by atoms with Crippen molar-refractivity contribution in [3.63, 3.8) is 0 Å². The molecule has 0 aliphatic heterocycles. The minimum absolute atomic E-state index is 0. The van der Waals surface area contributed by atoms with Gasteiger partial charge in [0.05, 0.1) is 13.7 Å². The Morgan fingerprint density at radius 2 is 2.14 bits per heavy atom. The Labute approximate surface area is 159 Å². The van der Waals surface area contributed by atoms with Crippen LogP contribution in [0.2, 0.25) is 5.02 Å². The molecule has 0 fully saturated rings. The molecule has 1 aromatic rings.